The van der Waals surface area contributed by atoms with Crippen LogP contribution in [0.4, 0.5) is 0 Å². The van der Waals surface area contributed by atoms with Gasteiger partial charge in [-0.15, -0.1) is 6.58 Å². The van der Waals surface area contributed by atoms with Crippen LogP contribution in [0.25, 0.3) is 0 Å². The van der Waals surface area contributed by atoms with Gasteiger partial charge >= 0.3 is 0 Å². The van der Waals surface area contributed by atoms with Gasteiger partial charge in [0.25, 0.3) is 0 Å². The Balaban J connectivity index is 2.92. The first-order chi connectivity index (χ1) is 8.10. The molecule has 0 heterocycles. The molecule has 1 aromatic rings. The monoisotopic (exact) mass is 232 g/mol. The van der Waals surface area contributed by atoms with Gasteiger partial charge in [-0.05, 0) is 37.6 Å². The van der Waals surface area contributed by atoms with Gasteiger partial charge in [0.15, 0.2) is 5.78 Å². The summed E-state index contributed by atoms with van der Waals surface area (Å²) in [6.45, 7) is 4.99. The maximum Gasteiger partial charge on any atom is 0.173 e. The lowest BCUT2D eigenvalue weighted by atomic mass is 9.91. The van der Waals surface area contributed by atoms with Crippen LogP contribution < -0.4 is 4.74 Å². The molecule has 0 bridgehead atoms. The summed E-state index contributed by atoms with van der Waals surface area (Å²) in [5.74, 6) is -0.240. The molecule has 1 atom stereocenters. The molecule has 1 aromatic carbocycles. The van der Waals surface area contributed by atoms with Crippen LogP contribution in [0.5, 0.6) is 5.75 Å². The molecule has 1 rings (SSSR count). The number of allylic oxidation sites excluding steroid dienone is 1. The van der Waals surface area contributed by atoms with Crippen molar-refractivity contribution < 1.29 is 14.3 Å². The summed E-state index contributed by atoms with van der Waals surface area (Å²) < 4.78 is 5.01. The number of ether oxygens (including phenoxy) is 1. The van der Waals surface area contributed by atoms with E-state index in [4.69, 9.17) is 4.74 Å². The molecule has 0 saturated carbocycles. The molecule has 0 fully saturated rings. The first-order valence-corrected chi connectivity index (χ1v) is 5.39. The molecular formula is C14H16O3. The molecule has 0 saturated heterocycles. The molecular weight excluding hydrogens is 216 g/mol. The van der Waals surface area contributed by atoms with Crippen molar-refractivity contribution in [2.45, 2.75) is 13.3 Å². The van der Waals surface area contributed by atoms with E-state index in [0.29, 0.717) is 17.7 Å². The summed E-state index contributed by atoms with van der Waals surface area (Å²) in [7, 11) is 1.56. The quantitative estimate of drug-likeness (QED) is 0.430. The highest BCUT2D eigenvalue weighted by molar-refractivity contribution is 6.10. The average Bonchev–Trinajstić information content (AvgIpc) is 2.35. The second kappa shape index (κ2) is 5.99. The van der Waals surface area contributed by atoms with E-state index in [1.165, 1.54) is 6.92 Å². The Bertz CT molecular complexity index is 418. The van der Waals surface area contributed by atoms with Crippen molar-refractivity contribution >= 4 is 11.6 Å². The molecule has 0 radical (unpaired) electrons. The summed E-state index contributed by atoms with van der Waals surface area (Å²) in [4.78, 5) is 23.4. The van der Waals surface area contributed by atoms with Gasteiger partial charge in [-0.3, -0.25) is 9.59 Å². The summed E-state index contributed by atoms with van der Waals surface area (Å²) in [6.07, 6.45) is 1.97. The molecule has 0 amide bonds. The molecule has 17 heavy (non-hydrogen) atoms. The SMILES string of the molecule is C=CCC(C(C)=O)C(=O)c1ccc(OC)cc1. The average molecular weight is 232 g/mol. The Labute approximate surface area is 101 Å². The Morgan fingerprint density at radius 2 is 1.94 bits per heavy atom. The third-order valence-corrected chi connectivity index (χ3v) is 2.58. The minimum Gasteiger partial charge on any atom is -0.497 e. The summed E-state index contributed by atoms with van der Waals surface area (Å²) in [6, 6.07) is 6.75. The fourth-order valence-electron chi connectivity index (χ4n) is 1.58. The fourth-order valence-corrected chi connectivity index (χ4v) is 1.58. The summed E-state index contributed by atoms with van der Waals surface area (Å²) in [5.41, 5.74) is 0.521. The molecule has 0 aliphatic carbocycles. The zero-order valence-corrected chi connectivity index (χ0v) is 10.1. The highest BCUT2D eigenvalue weighted by Crippen LogP contribution is 2.17. The van der Waals surface area contributed by atoms with Crippen molar-refractivity contribution in [2.75, 3.05) is 7.11 Å². The minimum atomic E-state index is -0.624. The molecule has 0 aliphatic heterocycles. The van der Waals surface area contributed by atoms with E-state index in [-0.39, 0.29) is 11.6 Å². The molecule has 0 aromatic heterocycles. The van der Waals surface area contributed by atoms with Gasteiger partial charge in [0.05, 0.1) is 13.0 Å². The Hall–Kier alpha value is -1.90. The molecule has 3 heteroatoms. The molecule has 90 valence electrons. The van der Waals surface area contributed by atoms with E-state index in [1.54, 1.807) is 37.5 Å². The van der Waals surface area contributed by atoms with Crippen molar-refractivity contribution in [1.29, 1.82) is 0 Å². The number of hydrogen-bond donors (Lipinski definition) is 0. The molecule has 1 unspecified atom stereocenters. The van der Waals surface area contributed by atoms with Crippen LogP contribution >= 0.6 is 0 Å². The van der Waals surface area contributed by atoms with Crippen LogP contribution in [-0.4, -0.2) is 18.7 Å². The van der Waals surface area contributed by atoms with E-state index >= 15 is 0 Å². The predicted molar refractivity (Wildman–Crippen MR) is 66.3 cm³/mol. The number of hydrogen-bond acceptors (Lipinski definition) is 3. The van der Waals surface area contributed by atoms with Crippen molar-refractivity contribution in [2.24, 2.45) is 5.92 Å². The number of rotatable bonds is 6. The lowest BCUT2D eigenvalue weighted by Crippen LogP contribution is -2.21. The first kappa shape index (κ1) is 13.2. The topological polar surface area (TPSA) is 43.4 Å². The Morgan fingerprint density at radius 3 is 2.35 bits per heavy atom. The minimum absolute atomic E-state index is 0.134. The Kier molecular flexibility index (Phi) is 4.64. The van der Waals surface area contributed by atoms with Crippen LogP contribution in [0.1, 0.15) is 23.7 Å². The van der Waals surface area contributed by atoms with Crippen molar-refractivity contribution in [3.63, 3.8) is 0 Å². The maximum atomic E-state index is 12.1. The number of carbonyl (C=O) groups excluding carboxylic acids is 2. The van der Waals surface area contributed by atoms with E-state index < -0.39 is 5.92 Å². The van der Waals surface area contributed by atoms with Crippen LogP contribution in [0.3, 0.4) is 0 Å². The number of Topliss-reactive ketones (excluding diaryl/α,β-unsaturated/α-hetero) is 2. The number of methoxy groups -OCH3 is 1. The van der Waals surface area contributed by atoms with Gasteiger partial charge in [0.1, 0.15) is 11.5 Å². The number of carbonyl (C=O) groups is 2. The zero-order valence-electron chi connectivity index (χ0n) is 10.1. The maximum absolute atomic E-state index is 12.1. The van der Waals surface area contributed by atoms with E-state index in [9.17, 15) is 9.59 Å². The van der Waals surface area contributed by atoms with Gasteiger partial charge in [0.2, 0.25) is 0 Å². The molecule has 0 N–H and O–H groups in total. The Morgan fingerprint density at radius 1 is 1.35 bits per heavy atom. The second-order valence-electron chi connectivity index (χ2n) is 3.78. The smallest absolute Gasteiger partial charge is 0.173 e. The third kappa shape index (κ3) is 3.28. The van der Waals surface area contributed by atoms with Gasteiger partial charge < -0.3 is 4.74 Å². The highest BCUT2D eigenvalue weighted by atomic mass is 16.5. The third-order valence-electron chi connectivity index (χ3n) is 2.58. The predicted octanol–water partition coefficient (Wildman–Crippen LogP) is 2.66. The van der Waals surface area contributed by atoms with Crippen LogP contribution in [0, 0.1) is 5.92 Å². The number of ketones is 2. The largest absolute Gasteiger partial charge is 0.497 e. The summed E-state index contributed by atoms with van der Waals surface area (Å²) in [5, 5.41) is 0. The number of benzene rings is 1. The molecule has 0 aliphatic rings. The second-order valence-corrected chi connectivity index (χ2v) is 3.78. The standard InChI is InChI=1S/C14H16O3/c1-4-5-13(10(2)15)14(16)11-6-8-12(17-3)9-7-11/h4,6-9,13H,1,5H2,2-3H3. The van der Waals surface area contributed by atoms with Gasteiger partial charge in [-0.1, -0.05) is 6.08 Å². The van der Waals surface area contributed by atoms with Crippen molar-refractivity contribution in [3.8, 4) is 5.75 Å². The lowest BCUT2D eigenvalue weighted by molar-refractivity contribution is -0.119. The molecule has 0 spiro atoms. The van der Waals surface area contributed by atoms with Gasteiger partial charge in [-0.2, -0.15) is 0 Å². The van der Waals surface area contributed by atoms with Gasteiger partial charge in [0, 0.05) is 5.56 Å². The van der Waals surface area contributed by atoms with E-state index in [2.05, 4.69) is 6.58 Å². The lowest BCUT2D eigenvalue weighted by Gasteiger charge is -2.10. The van der Waals surface area contributed by atoms with Crippen molar-refractivity contribution in [1.82, 2.24) is 0 Å². The summed E-state index contributed by atoms with van der Waals surface area (Å²) >= 11 is 0. The van der Waals surface area contributed by atoms with E-state index in [1.807, 2.05) is 0 Å². The van der Waals surface area contributed by atoms with Gasteiger partial charge in [-0.25, -0.2) is 0 Å². The highest BCUT2D eigenvalue weighted by Gasteiger charge is 2.22. The van der Waals surface area contributed by atoms with Crippen LogP contribution in [-0.2, 0) is 4.79 Å². The normalized spacial score (nSPS) is 11.6. The van der Waals surface area contributed by atoms with Crippen molar-refractivity contribution in [3.05, 3.63) is 42.5 Å². The van der Waals surface area contributed by atoms with Crippen LogP contribution in [0.2, 0.25) is 0 Å². The molecule has 3 nitrogen and oxygen atoms in total. The first-order valence-electron chi connectivity index (χ1n) is 5.39. The fraction of sp³-hybridized carbons (Fsp3) is 0.286. The van der Waals surface area contributed by atoms with E-state index in [0.717, 1.165) is 0 Å². The van der Waals surface area contributed by atoms with Crippen LogP contribution in [0.15, 0.2) is 36.9 Å². The zero-order chi connectivity index (χ0) is 12.8.